The van der Waals surface area contributed by atoms with Gasteiger partial charge in [0.2, 0.25) is 0 Å². The zero-order valence-corrected chi connectivity index (χ0v) is 14.4. The van der Waals surface area contributed by atoms with Crippen molar-refractivity contribution >= 4 is 28.7 Å². The summed E-state index contributed by atoms with van der Waals surface area (Å²) in [6.07, 6.45) is 3.55. The molecule has 25 heavy (non-hydrogen) atoms. The van der Waals surface area contributed by atoms with E-state index in [0.717, 1.165) is 17.0 Å². The van der Waals surface area contributed by atoms with Crippen LogP contribution in [-0.4, -0.2) is 22.0 Å². The number of hydrogen-bond donors (Lipinski definition) is 2. The maximum absolute atomic E-state index is 12.9. The molecule has 0 amide bonds. The minimum Gasteiger partial charge on any atom is -0.497 e. The number of hydrogen-bond acceptors (Lipinski definition) is 3. The molecule has 2 aromatic carbocycles. The number of anilines is 2. The van der Waals surface area contributed by atoms with Crippen LogP contribution >= 0.6 is 12.2 Å². The van der Waals surface area contributed by atoms with E-state index in [-0.39, 0.29) is 5.82 Å². The van der Waals surface area contributed by atoms with Gasteiger partial charge in [0.25, 0.3) is 0 Å². The Morgan fingerprint density at radius 3 is 2.68 bits per heavy atom. The molecule has 0 atom stereocenters. The van der Waals surface area contributed by atoms with Gasteiger partial charge < -0.3 is 15.4 Å². The predicted molar refractivity (Wildman–Crippen MR) is 101 cm³/mol. The lowest BCUT2D eigenvalue weighted by atomic mass is 10.2. The summed E-state index contributed by atoms with van der Waals surface area (Å²) in [5.74, 6) is 0.524. The first-order valence-corrected chi connectivity index (χ1v) is 8.02. The number of rotatable bonds is 5. The maximum atomic E-state index is 12.9. The van der Waals surface area contributed by atoms with Crippen molar-refractivity contribution in [1.82, 2.24) is 9.78 Å². The molecule has 0 saturated carbocycles. The number of benzene rings is 2. The van der Waals surface area contributed by atoms with Gasteiger partial charge in [-0.2, -0.15) is 5.10 Å². The lowest BCUT2D eigenvalue weighted by Gasteiger charge is -2.08. The van der Waals surface area contributed by atoms with E-state index in [9.17, 15) is 4.39 Å². The molecule has 0 aliphatic rings. The van der Waals surface area contributed by atoms with Gasteiger partial charge in [0, 0.05) is 11.9 Å². The van der Waals surface area contributed by atoms with Gasteiger partial charge in [-0.05, 0) is 54.2 Å². The average Bonchev–Trinajstić information content (AvgIpc) is 3.04. The third-order valence-corrected chi connectivity index (χ3v) is 3.68. The number of ether oxygens (including phenoxy) is 1. The van der Waals surface area contributed by atoms with Crippen LogP contribution in [0.3, 0.4) is 0 Å². The molecule has 0 fully saturated rings. The minimum atomic E-state index is -0.289. The van der Waals surface area contributed by atoms with Crippen molar-refractivity contribution in [2.45, 2.75) is 6.54 Å². The van der Waals surface area contributed by atoms with E-state index in [1.807, 2.05) is 30.5 Å². The Balaban J connectivity index is 1.59. The van der Waals surface area contributed by atoms with Crippen LogP contribution in [0.4, 0.5) is 15.8 Å². The van der Waals surface area contributed by atoms with Crippen LogP contribution in [0.5, 0.6) is 5.75 Å². The van der Waals surface area contributed by atoms with Crippen molar-refractivity contribution in [2.75, 3.05) is 17.7 Å². The fourth-order valence-corrected chi connectivity index (χ4v) is 2.53. The van der Waals surface area contributed by atoms with Gasteiger partial charge >= 0.3 is 0 Å². The van der Waals surface area contributed by atoms with Gasteiger partial charge in [-0.25, -0.2) is 4.39 Å². The molecular weight excluding hydrogens is 339 g/mol. The molecule has 0 radical (unpaired) electrons. The van der Waals surface area contributed by atoms with Crippen LogP contribution in [0.25, 0.3) is 0 Å². The second-order valence-corrected chi connectivity index (χ2v) is 5.77. The fraction of sp³-hybridized carbons (Fsp3) is 0.111. The van der Waals surface area contributed by atoms with Crippen molar-refractivity contribution in [3.05, 3.63) is 72.3 Å². The summed E-state index contributed by atoms with van der Waals surface area (Å²) in [7, 11) is 1.64. The van der Waals surface area contributed by atoms with E-state index in [2.05, 4.69) is 15.7 Å². The summed E-state index contributed by atoms with van der Waals surface area (Å²) in [5, 5.41) is 10.8. The van der Waals surface area contributed by atoms with E-state index >= 15 is 0 Å². The van der Waals surface area contributed by atoms with Gasteiger partial charge in [0.15, 0.2) is 5.11 Å². The van der Waals surface area contributed by atoms with Crippen LogP contribution in [0, 0.1) is 5.82 Å². The molecule has 0 unspecified atom stereocenters. The van der Waals surface area contributed by atoms with Crippen LogP contribution in [-0.2, 0) is 6.54 Å². The highest BCUT2D eigenvalue weighted by atomic mass is 32.1. The number of methoxy groups -OCH3 is 1. The number of aromatic nitrogens is 2. The van der Waals surface area contributed by atoms with Gasteiger partial charge in [-0.15, -0.1) is 0 Å². The zero-order valence-electron chi connectivity index (χ0n) is 13.6. The predicted octanol–water partition coefficient (Wildman–Crippen LogP) is 3.89. The lowest BCUT2D eigenvalue weighted by molar-refractivity contribution is 0.414. The van der Waals surface area contributed by atoms with Crippen molar-refractivity contribution in [3.8, 4) is 5.75 Å². The zero-order chi connectivity index (χ0) is 17.6. The van der Waals surface area contributed by atoms with E-state index in [1.165, 1.54) is 12.1 Å². The molecule has 2 N–H and O–H groups in total. The molecule has 3 rings (SSSR count). The summed E-state index contributed by atoms with van der Waals surface area (Å²) in [6.45, 7) is 0.622. The van der Waals surface area contributed by atoms with E-state index in [0.29, 0.717) is 17.3 Å². The highest BCUT2D eigenvalue weighted by molar-refractivity contribution is 7.80. The Hall–Kier alpha value is -2.93. The summed E-state index contributed by atoms with van der Waals surface area (Å²) >= 11 is 5.25. The van der Waals surface area contributed by atoms with E-state index in [4.69, 9.17) is 17.0 Å². The maximum Gasteiger partial charge on any atom is 0.175 e. The highest BCUT2D eigenvalue weighted by Crippen LogP contribution is 2.15. The van der Waals surface area contributed by atoms with Crippen molar-refractivity contribution in [3.63, 3.8) is 0 Å². The molecule has 0 aliphatic carbocycles. The van der Waals surface area contributed by atoms with Crippen molar-refractivity contribution in [1.29, 1.82) is 0 Å². The van der Waals surface area contributed by atoms with Crippen LogP contribution in [0.1, 0.15) is 5.56 Å². The molecule has 7 heteroatoms. The first-order valence-electron chi connectivity index (χ1n) is 7.61. The van der Waals surface area contributed by atoms with Crippen LogP contribution in [0.15, 0.2) is 60.9 Å². The number of nitrogens with one attached hydrogen (secondary N) is 2. The van der Waals surface area contributed by atoms with Gasteiger partial charge in [0.1, 0.15) is 11.6 Å². The van der Waals surface area contributed by atoms with Crippen molar-refractivity contribution in [2.24, 2.45) is 0 Å². The molecule has 3 aromatic rings. The number of halogens is 1. The summed E-state index contributed by atoms with van der Waals surface area (Å²) in [6, 6.07) is 13.8. The lowest BCUT2D eigenvalue weighted by Crippen LogP contribution is -2.18. The van der Waals surface area contributed by atoms with Crippen LogP contribution in [0.2, 0.25) is 0 Å². The first kappa shape index (κ1) is 16.9. The third-order valence-electron chi connectivity index (χ3n) is 3.47. The molecule has 0 aliphatic heterocycles. The standard InChI is InChI=1S/C18H17FN4OS/c1-24-17-4-2-3-13(9-17)11-23-12-16(10-20-23)22-18(25)21-15-7-5-14(19)6-8-15/h2-10,12H,11H2,1H3,(H2,21,22,25). The van der Waals surface area contributed by atoms with Gasteiger partial charge in [-0.3, -0.25) is 4.68 Å². The molecule has 128 valence electrons. The Labute approximate surface area is 150 Å². The molecule has 0 saturated heterocycles. The van der Waals surface area contributed by atoms with Gasteiger partial charge in [0.05, 0.1) is 25.5 Å². The van der Waals surface area contributed by atoms with E-state index in [1.54, 1.807) is 30.1 Å². The third kappa shape index (κ3) is 4.77. The minimum absolute atomic E-state index is 0.289. The highest BCUT2D eigenvalue weighted by Gasteiger charge is 2.04. The van der Waals surface area contributed by atoms with Gasteiger partial charge in [-0.1, -0.05) is 12.1 Å². The first-order chi connectivity index (χ1) is 12.1. The normalized spacial score (nSPS) is 10.3. The number of nitrogens with zero attached hydrogens (tertiary/aromatic N) is 2. The summed E-state index contributed by atoms with van der Waals surface area (Å²) in [5.41, 5.74) is 2.56. The molecule has 1 aromatic heterocycles. The second-order valence-electron chi connectivity index (χ2n) is 5.36. The molecule has 1 heterocycles. The molecule has 5 nitrogen and oxygen atoms in total. The van der Waals surface area contributed by atoms with E-state index < -0.39 is 0 Å². The van der Waals surface area contributed by atoms with Crippen LogP contribution < -0.4 is 15.4 Å². The smallest absolute Gasteiger partial charge is 0.175 e. The largest absolute Gasteiger partial charge is 0.497 e. The molecule has 0 bridgehead atoms. The summed E-state index contributed by atoms with van der Waals surface area (Å²) in [4.78, 5) is 0. The topological polar surface area (TPSA) is 51.1 Å². The van der Waals surface area contributed by atoms with Crippen molar-refractivity contribution < 1.29 is 9.13 Å². The quantitative estimate of drug-likeness (QED) is 0.680. The SMILES string of the molecule is COc1cccc(Cn2cc(NC(=S)Nc3ccc(F)cc3)cn2)c1. The Morgan fingerprint density at radius 2 is 1.92 bits per heavy atom. The monoisotopic (exact) mass is 356 g/mol. The Bertz CT molecular complexity index is 864. The average molecular weight is 356 g/mol. The number of thiocarbonyl (C=S) groups is 1. The molecule has 0 spiro atoms. The Morgan fingerprint density at radius 1 is 1.16 bits per heavy atom. The second kappa shape index (κ2) is 7.76. The summed E-state index contributed by atoms with van der Waals surface area (Å²) < 4.78 is 19.9. The Kier molecular flexibility index (Phi) is 5.25. The fourth-order valence-electron chi connectivity index (χ4n) is 2.30. The molecular formula is C18H17FN4OS.